The van der Waals surface area contributed by atoms with Crippen molar-refractivity contribution in [3.8, 4) is 0 Å². The van der Waals surface area contributed by atoms with Crippen molar-refractivity contribution in [2.24, 2.45) is 5.92 Å². The van der Waals surface area contributed by atoms with Crippen LogP contribution in [0.5, 0.6) is 0 Å². The van der Waals surface area contributed by atoms with E-state index in [0.29, 0.717) is 18.4 Å². The molecule has 0 radical (unpaired) electrons. The van der Waals surface area contributed by atoms with Crippen molar-refractivity contribution in [3.63, 3.8) is 0 Å². The van der Waals surface area contributed by atoms with Gasteiger partial charge in [-0.3, -0.25) is 14.5 Å². The SMILES string of the molecule is O=C1COCC(=O)N1CCCCCCN1CCC(C(c2ccccc2)c2ccccc2)CC1. The van der Waals surface area contributed by atoms with E-state index < -0.39 is 0 Å². The highest BCUT2D eigenvalue weighted by atomic mass is 16.5. The Morgan fingerprint density at radius 2 is 1.24 bits per heavy atom. The summed E-state index contributed by atoms with van der Waals surface area (Å²) in [6.07, 6.45) is 6.72. The lowest BCUT2D eigenvalue weighted by molar-refractivity contribution is -0.158. The summed E-state index contributed by atoms with van der Waals surface area (Å²) in [7, 11) is 0. The highest BCUT2D eigenvalue weighted by Gasteiger charge is 2.29. The number of likely N-dealkylation sites (tertiary alicyclic amines) is 1. The number of carbonyl (C=O) groups excluding carboxylic acids is 2. The average molecular weight is 449 g/mol. The molecule has 2 aromatic rings. The molecule has 2 aliphatic heterocycles. The molecule has 2 heterocycles. The molecule has 0 atom stereocenters. The Balaban J connectivity index is 1.18. The van der Waals surface area contributed by atoms with Crippen LogP contribution in [0.4, 0.5) is 0 Å². The lowest BCUT2D eigenvalue weighted by atomic mass is 9.76. The van der Waals surface area contributed by atoms with Gasteiger partial charge in [0.2, 0.25) is 0 Å². The van der Waals surface area contributed by atoms with Gasteiger partial charge in [-0.2, -0.15) is 0 Å². The molecule has 0 unspecified atom stereocenters. The Hall–Kier alpha value is -2.50. The molecule has 4 rings (SSSR count). The molecule has 0 spiro atoms. The van der Waals surface area contributed by atoms with Gasteiger partial charge in [0.15, 0.2) is 0 Å². The molecule has 5 nitrogen and oxygen atoms in total. The second-order valence-electron chi connectivity index (χ2n) is 9.32. The average Bonchev–Trinajstić information content (AvgIpc) is 2.85. The van der Waals surface area contributed by atoms with Gasteiger partial charge in [-0.05, 0) is 62.4 Å². The Kier molecular flexibility index (Phi) is 8.67. The second-order valence-corrected chi connectivity index (χ2v) is 9.32. The van der Waals surface area contributed by atoms with Gasteiger partial charge < -0.3 is 9.64 Å². The first-order valence-electron chi connectivity index (χ1n) is 12.5. The molecule has 33 heavy (non-hydrogen) atoms. The van der Waals surface area contributed by atoms with E-state index in [0.717, 1.165) is 38.9 Å². The number of benzene rings is 2. The molecule has 0 N–H and O–H groups in total. The molecule has 0 aliphatic carbocycles. The van der Waals surface area contributed by atoms with E-state index in [1.54, 1.807) is 0 Å². The molecule has 2 saturated heterocycles. The maximum atomic E-state index is 11.8. The van der Waals surface area contributed by atoms with Crippen molar-refractivity contribution in [2.75, 3.05) is 39.4 Å². The standard InChI is InChI=1S/C28H36N2O3/c31-26-21-33-22-27(32)30(26)18-10-2-1-9-17-29-19-15-25(16-20-29)28(23-11-5-3-6-12-23)24-13-7-4-8-14-24/h3-8,11-14,25,28H,1-2,9-10,15-22H2. The number of carbonyl (C=O) groups is 2. The van der Waals surface area contributed by atoms with Crippen molar-refractivity contribution in [1.82, 2.24) is 9.80 Å². The number of hydrogen-bond donors (Lipinski definition) is 0. The van der Waals surface area contributed by atoms with E-state index in [1.807, 2.05) is 0 Å². The predicted molar refractivity (Wildman–Crippen MR) is 130 cm³/mol. The summed E-state index contributed by atoms with van der Waals surface area (Å²) in [5.41, 5.74) is 2.86. The molecule has 2 amide bonds. The van der Waals surface area contributed by atoms with Crippen LogP contribution in [0.3, 0.4) is 0 Å². The van der Waals surface area contributed by atoms with E-state index in [4.69, 9.17) is 4.74 Å². The third-order valence-corrected chi connectivity index (χ3v) is 7.08. The van der Waals surface area contributed by atoms with Gasteiger partial charge in [-0.15, -0.1) is 0 Å². The Morgan fingerprint density at radius 1 is 0.727 bits per heavy atom. The van der Waals surface area contributed by atoms with Gasteiger partial charge in [-0.25, -0.2) is 0 Å². The van der Waals surface area contributed by atoms with Crippen LogP contribution in [0.1, 0.15) is 55.6 Å². The lowest BCUT2D eigenvalue weighted by Crippen LogP contribution is -2.46. The van der Waals surface area contributed by atoms with E-state index in [9.17, 15) is 9.59 Å². The minimum Gasteiger partial charge on any atom is -0.362 e. The van der Waals surface area contributed by atoms with Crippen LogP contribution >= 0.6 is 0 Å². The first-order valence-corrected chi connectivity index (χ1v) is 12.5. The van der Waals surface area contributed by atoms with Crippen LogP contribution < -0.4 is 0 Å². The van der Waals surface area contributed by atoms with Gasteiger partial charge in [0.1, 0.15) is 13.2 Å². The van der Waals surface area contributed by atoms with Crippen LogP contribution in [0, 0.1) is 5.92 Å². The highest BCUT2D eigenvalue weighted by molar-refractivity contribution is 5.98. The molecule has 176 valence electrons. The lowest BCUT2D eigenvalue weighted by Gasteiger charge is -2.36. The molecule has 2 aliphatic rings. The summed E-state index contributed by atoms with van der Waals surface area (Å²) in [6, 6.07) is 22.0. The summed E-state index contributed by atoms with van der Waals surface area (Å²) in [5, 5.41) is 0. The Morgan fingerprint density at radius 3 is 1.79 bits per heavy atom. The van der Waals surface area contributed by atoms with Crippen molar-refractivity contribution in [3.05, 3.63) is 71.8 Å². The Labute approximate surface area is 197 Å². The van der Waals surface area contributed by atoms with E-state index in [-0.39, 0.29) is 25.0 Å². The van der Waals surface area contributed by atoms with Crippen LogP contribution in [0.25, 0.3) is 0 Å². The number of morpholine rings is 1. The number of nitrogens with zero attached hydrogens (tertiary/aromatic N) is 2. The number of piperidine rings is 1. The van der Waals surface area contributed by atoms with E-state index in [2.05, 4.69) is 65.6 Å². The van der Waals surface area contributed by atoms with Crippen LogP contribution in [-0.2, 0) is 14.3 Å². The maximum absolute atomic E-state index is 11.8. The number of ether oxygens (including phenoxy) is 1. The van der Waals surface area contributed by atoms with Crippen LogP contribution in [-0.4, -0.2) is 61.0 Å². The smallest absolute Gasteiger partial charge is 0.255 e. The van der Waals surface area contributed by atoms with Gasteiger partial charge in [-0.1, -0.05) is 73.5 Å². The zero-order valence-electron chi connectivity index (χ0n) is 19.5. The summed E-state index contributed by atoms with van der Waals surface area (Å²) in [5.74, 6) is 0.756. The van der Waals surface area contributed by atoms with Gasteiger partial charge >= 0.3 is 0 Å². The van der Waals surface area contributed by atoms with Gasteiger partial charge in [0.05, 0.1) is 0 Å². The monoisotopic (exact) mass is 448 g/mol. The number of unbranched alkanes of at least 4 members (excludes halogenated alkanes) is 3. The van der Waals surface area contributed by atoms with E-state index in [1.165, 1.54) is 35.3 Å². The number of hydrogen-bond acceptors (Lipinski definition) is 4. The molecule has 0 bridgehead atoms. The molecular weight excluding hydrogens is 412 g/mol. The third-order valence-electron chi connectivity index (χ3n) is 7.08. The molecule has 2 fully saturated rings. The highest BCUT2D eigenvalue weighted by Crippen LogP contribution is 2.37. The molecule has 0 saturated carbocycles. The van der Waals surface area contributed by atoms with E-state index >= 15 is 0 Å². The summed E-state index contributed by atoms with van der Waals surface area (Å²) in [6.45, 7) is 4.08. The third kappa shape index (κ3) is 6.52. The molecule has 2 aromatic carbocycles. The number of amides is 2. The molecule has 0 aromatic heterocycles. The number of rotatable bonds is 10. The quantitative estimate of drug-likeness (QED) is 0.397. The van der Waals surface area contributed by atoms with Crippen molar-refractivity contribution in [1.29, 1.82) is 0 Å². The van der Waals surface area contributed by atoms with Gasteiger partial charge in [0.25, 0.3) is 11.8 Å². The summed E-state index contributed by atoms with van der Waals surface area (Å²) >= 11 is 0. The summed E-state index contributed by atoms with van der Waals surface area (Å²) < 4.78 is 4.96. The van der Waals surface area contributed by atoms with Crippen LogP contribution in [0.15, 0.2) is 60.7 Å². The predicted octanol–water partition coefficient (Wildman–Crippen LogP) is 4.48. The maximum Gasteiger partial charge on any atom is 0.255 e. The van der Waals surface area contributed by atoms with Crippen molar-refractivity contribution < 1.29 is 14.3 Å². The van der Waals surface area contributed by atoms with Crippen molar-refractivity contribution >= 4 is 11.8 Å². The molecular formula is C28H36N2O3. The summed E-state index contributed by atoms with van der Waals surface area (Å²) in [4.78, 5) is 27.5. The fourth-order valence-electron chi connectivity index (χ4n) is 5.30. The zero-order valence-corrected chi connectivity index (χ0v) is 19.5. The minimum atomic E-state index is -0.196. The fraction of sp³-hybridized carbons (Fsp3) is 0.500. The first-order chi connectivity index (χ1) is 16.2. The van der Waals surface area contributed by atoms with Crippen LogP contribution in [0.2, 0.25) is 0 Å². The largest absolute Gasteiger partial charge is 0.362 e. The topological polar surface area (TPSA) is 49.9 Å². The fourth-order valence-corrected chi connectivity index (χ4v) is 5.30. The van der Waals surface area contributed by atoms with Gasteiger partial charge in [0, 0.05) is 12.5 Å². The molecule has 5 heteroatoms. The minimum absolute atomic E-state index is 0.0388. The normalized spacial score (nSPS) is 18.3. The first kappa shape index (κ1) is 23.7. The number of imide groups is 1. The Bertz CT molecular complexity index is 823. The van der Waals surface area contributed by atoms with Crippen molar-refractivity contribution in [2.45, 2.75) is 44.4 Å². The zero-order chi connectivity index (χ0) is 22.9. The second kappa shape index (κ2) is 12.1.